The van der Waals surface area contributed by atoms with Crippen molar-refractivity contribution in [3.8, 4) is 0 Å². The molecule has 3 amide bonds. The zero-order chi connectivity index (χ0) is 41.0. The van der Waals surface area contributed by atoms with Crippen molar-refractivity contribution in [3.05, 3.63) is 0 Å². The fourth-order valence-corrected chi connectivity index (χ4v) is 7.91. The Morgan fingerprint density at radius 3 is 2.11 bits per heavy atom. The zero-order valence-corrected chi connectivity index (χ0v) is 33.3. The summed E-state index contributed by atoms with van der Waals surface area (Å²) in [5, 5.41) is 29.5. The highest BCUT2D eigenvalue weighted by atomic mass is 32.2. The van der Waals surface area contributed by atoms with E-state index >= 15 is 0 Å². The van der Waals surface area contributed by atoms with E-state index in [2.05, 4.69) is 5.32 Å². The van der Waals surface area contributed by atoms with E-state index in [4.69, 9.17) is 23.6 Å². The number of aliphatic hydroxyl groups excluding tert-OH is 1. The summed E-state index contributed by atoms with van der Waals surface area (Å²) in [5.41, 5.74) is -3.21. The van der Waals surface area contributed by atoms with E-state index in [9.17, 15) is 53.2 Å². The maximum absolute atomic E-state index is 13.9. The standard InChI is InChI=1S/C32H54N3O16PS/c1-21(26(40)41)18-51-52(46,47)50-15-12-35(7,8)11-14-48-28(44)31(4,19-30(2,3)27(42)43)20-32(5,29(45)49-16-13-36)53-22-17-24(38)34(25(22)39)10-9-23(37)33-6/h21-22,36H,9-20H2,1-8H3,(H3-,33,37,40,41,42,43,46,47)/p+1. The molecule has 53 heavy (non-hydrogen) atoms. The maximum Gasteiger partial charge on any atom is 0.472 e. The van der Waals surface area contributed by atoms with Crippen LogP contribution in [0.3, 0.4) is 0 Å². The molecule has 0 aliphatic carbocycles. The number of likely N-dealkylation sites (tertiary alicyclic amines) is 1. The number of phosphoric acid groups is 1. The number of nitrogens with one attached hydrogen (secondary N) is 1. The molecule has 1 fully saturated rings. The molecule has 0 spiro atoms. The van der Waals surface area contributed by atoms with Gasteiger partial charge in [0.25, 0.3) is 0 Å². The van der Waals surface area contributed by atoms with Gasteiger partial charge in [-0.05, 0) is 47.5 Å². The fraction of sp³-hybridized carbons (Fsp3) is 0.781. The molecule has 1 aliphatic rings. The van der Waals surface area contributed by atoms with E-state index in [0.29, 0.717) is 0 Å². The molecule has 0 aromatic carbocycles. The molecule has 1 saturated heterocycles. The van der Waals surface area contributed by atoms with Crippen LogP contribution in [-0.2, 0) is 56.6 Å². The quantitative estimate of drug-likeness (QED) is 0.0367. The SMILES string of the molecule is CNC(=O)CCN1C(=O)CC(SC(C)(CC(C)(CC(C)(C)C(=O)O)C(=O)OCC[N+](C)(C)CCOP(=O)(O)OCC(C)C(=O)O)C(=O)OCCO)C1=O. The number of carboxylic acid groups (broad SMARTS) is 2. The molecule has 19 nitrogen and oxygen atoms in total. The molecule has 0 saturated carbocycles. The van der Waals surface area contributed by atoms with Crippen molar-refractivity contribution in [2.45, 2.75) is 70.3 Å². The first-order valence-electron chi connectivity index (χ1n) is 16.8. The molecule has 5 N–H and O–H groups in total. The second-order valence-electron chi connectivity index (χ2n) is 14.7. The van der Waals surface area contributed by atoms with Crippen molar-refractivity contribution in [2.75, 3.05) is 73.8 Å². The number of likely N-dealkylation sites (N-methyl/N-ethyl adjacent to an activating group) is 1. The number of aliphatic hydroxyl groups is 1. The molecule has 21 heteroatoms. The Kier molecular flexibility index (Phi) is 18.1. The number of imide groups is 1. The lowest BCUT2D eigenvalue weighted by Gasteiger charge is -2.40. The largest absolute Gasteiger partial charge is 0.481 e. The molecule has 0 aromatic heterocycles. The van der Waals surface area contributed by atoms with Gasteiger partial charge in [0.2, 0.25) is 17.7 Å². The Hall–Kier alpha value is -3.13. The Morgan fingerprint density at radius 1 is 0.981 bits per heavy atom. The molecule has 1 heterocycles. The van der Waals surface area contributed by atoms with Gasteiger partial charge >= 0.3 is 31.7 Å². The monoisotopic (exact) mass is 800 g/mol. The van der Waals surface area contributed by atoms with Crippen LogP contribution in [0.15, 0.2) is 0 Å². The van der Waals surface area contributed by atoms with E-state index < -0.39 is 102 Å². The molecule has 5 atom stereocenters. The van der Waals surface area contributed by atoms with Crippen molar-refractivity contribution >= 4 is 61.2 Å². The second-order valence-corrected chi connectivity index (χ2v) is 17.8. The number of carboxylic acids is 2. The van der Waals surface area contributed by atoms with Crippen LogP contribution in [0.4, 0.5) is 0 Å². The minimum absolute atomic E-state index is 0.103. The van der Waals surface area contributed by atoms with Gasteiger partial charge < -0.3 is 39.5 Å². The summed E-state index contributed by atoms with van der Waals surface area (Å²) >= 11 is 0.769. The summed E-state index contributed by atoms with van der Waals surface area (Å²) < 4.78 is 31.1. The minimum atomic E-state index is -4.55. The predicted molar refractivity (Wildman–Crippen MR) is 188 cm³/mol. The Bertz CT molecular complexity index is 1410. The molecule has 5 unspecified atom stereocenters. The van der Waals surface area contributed by atoms with E-state index in [0.717, 1.165) is 16.7 Å². The van der Waals surface area contributed by atoms with Crippen molar-refractivity contribution in [3.63, 3.8) is 0 Å². The summed E-state index contributed by atoms with van der Waals surface area (Å²) in [7, 11) is 0.279. The number of nitrogens with zero attached hydrogens (tertiary/aromatic N) is 2. The summed E-state index contributed by atoms with van der Waals surface area (Å²) in [5.74, 6) is -6.89. The van der Waals surface area contributed by atoms with E-state index in [-0.39, 0.29) is 56.6 Å². The summed E-state index contributed by atoms with van der Waals surface area (Å²) in [6.45, 7) is 5.01. The molecule has 0 aromatic rings. The van der Waals surface area contributed by atoms with Gasteiger partial charge in [-0.2, -0.15) is 0 Å². The van der Waals surface area contributed by atoms with Crippen LogP contribution in [0, 0.1) is 16.7 Å². The van der Waals surface area contributed by atoms with E-state index in [1.165, 1.54) is 41.7 Å². The van der Waals surface area contributed by atoms with Gasteiger partial charge in [0.05, 0.1) is 49.3 Å². The fourth-order valence-electron chi connectivity index (χ4n) is 5.48. The topological polar surface area (TPSA) is 270 Å². The predicted octanol–water partition coefficient (Wildman–Crippen LogP) is 0.649. The molecule has 0 bridgehead atoms. The van der Waals surface area contributed by atoms with Crippen molar-refractivity contribution < 1.29 is 81.3 Å². The number of carbonyl (C=O) groups excluding carboxylic acids is 5. The van der Waals surface area contributed by atoms with Crippen LogP contribution in [0.1, 0.15) is 60.3 Å². The zero-order valence-electron chi connectivity index (χ0n) is 31.6. The van der Waals surface area contributed by atoms with Crippen molar-refractivity contribution in [1.82, 2.24) is 10.2 Å². The summed E-state index contributed by atoms with van der Waals surface area (Å²) in [6.07, 6.45) is -1.18. The number of esters is 2. The highest BCUT2D eigenvalue weighted by molar-refractivity contribution is 8.02. The molecular weight excluding hydrogens is 745 g/mol. The van der Waals surface area contributed by atoms with Gasteiger partial charge in [0, 0.05) is 26.4 Å². The molecular formula is C32H55N3O16PS+. The first-order valence-corrected chi connectivity index (χ1v) is 19.2. The number of hydrogen-bond donors (Lipinski definition) is 5. The summed E-state index contributed by atoms with van der Waals surface area (Å²) in [6, 6.07) is 0. The first kappa shape index (κ1) is 47.9. The van der Waals surface area contributed by atoms with Crippen molar-refractivity contribution in [1.29, 1.82) is 0 Å². The number of hydrogen-bond acceptors (Lipinski definition) is 14. The number of quaternary nitrogens is 1. The smallest absolute Gasteiger partial charge is 0.472 e. The molecule has 0 radical (unpaired) electrons. The third-order valence-corrected chi connectivity index (χ3v) is 11.1. The number of thioether (sulfide) groups is 1. The third-order valence-electron chi connectivity index (χ3n) is 8.62. The van der Waals surface area contributed by atoms with Gasteiger partial charge in [0.1, 0.15) is 37.7 Å². The van der Waals surface area contributed by atoms with E-state index in [1.807, 2.05) is 0 Å². The number of carbonyl (C=O) groups is 7. The van der Waals surface area contributed by atoms with Crippen molar-refractivity contribution in [2.24, 2.45) is 16.7 Å². The lowest BCUT2D eigenvalue weighted by atomic mass is 9.69. The van der Waals surface area contributed by atoms with Gasteiger partial charge in [-0.15, -0.1) is 11.8 Å². The average molecular weight is 801 g/mol. The van der Waals surface area contributed by atoms with Crippen LogP contribution in [-0.4, -0.2) is 155 Å². The Morgan fingerprint density at radius 2 is 1.57 bits per heavy atom. The highest BCUT2D eigenvalue weighted by Crippen LogP contribution is 2.48. The number of aliphatic carboxylic acids is 2. The van der Waals surface area contributed by atoms with Gasteiger partial charge in [-0.1, -0.05) is 0 Å². The lowest BCUT2D eigenvalue weighted by molar-refractivity contribution is -0.890. The molecule has 1 rings (SSSR count). The van der Waals surface area contributed by atoms with Gasteiger partial charge in [-0.25, -0.2) is 4.57 Å². The van der Waals surface area contributed by atoms with Crippen LogP contribution >= 0.6 is 19.6 Å². The van der Waals surface area contributed by atoms with Crippen LogP contribution < -0.4 is 5.32 Å². The molecule has 304 valence electrons. The highest BCUT2D eigenvalue weighted by Gasteiger charge is 2.53. The van der Waals surface area contributed by atoms with Crippen LogP contribution in [0.25, 0.3) is 0 Å². The molecule has 1 aliphatic heterocycles. The minimum Gasteiger partial charge on any atom is -0.481 e. The number of amides is 3. The van der Waals surface area contributed by atoms with Gasteiger partial charge in [0.15, 0.2) is 0 Å². The maximum atomic E-state index is 13.9. The van der Waals surface area contributed by atoms with E-state index in [1.54, 1.807) is 14.1 Å². The average Bonchev–Trinajstić information content (AvgIpc) is 3.30. The lowest BCUT2D eigenvalue weighted by Crippen LogP contribution is -2.48. The number of phosphoric ester groups is 1. The van der Waals surface area contributed by atoms with Crippen LogP contribution in [0.5, 0.6) is 0 Å². The normalized spacial score (nSPS) is 19.1. The Balaban J connectivity index is 3.22. The second kappa shape index (κ2) is 20.0. The third kappa shape index (κ3) is 15.3. The van der Waals surface area contributed by atoms with Crippen LogP contribution in [0.2, 0.25) is 0 Å². The number of ether oxygens (including phenoxy) is 2. The number of rotatable bonds is 25. The first-order chi connectivity index (χ1) is 24.2. The van der Waals surface area contributed by atoms with Gasteiger partial charge in [-0.3, -0.25) is 47.5 Å². The summed E-state index contributed by atoms with van der Waals surface area (Å²) in [4.78, 5) is 99.3. The Labute approximate surface area is 313 Å².